The average Bonchev–Trinajstić information content (AvgIpc) is 3.06. The molecule has 2 aliphatic heterocycles. The number of hydrogen-bond donors (Lipinski definition) is 1. The molecule has 1 spiro atoms. The zero-order chi connectivity index (χ0) is 16.0. The molecular formula is C17H14BrN3OS. The van der Waals surface area contributed by atoms with Gasteiger partial charge in [-0.25, -0.2) is 0 Å². The number of likely N-dealkylation sites (N-methyl/N-ethyl adjacent to an activating group) is 1. The number of amides is 1. The number of fused-ring (bicyclic) bond motifs is 2. The molecule has 1 N–H and O–H groups in total. The van der Waals surface area contributed by atoms with Crippen molar-refractivity contribution in [3.8, 4) is 0 Å². The summed E-state index contributed by atoms with van der Waals surface area (Å²) in [7, 11) is 1.81. The summed E-state index contributed by atoms with van der Waals surface area (Å²) in [4.78, 5) is 13.7. The number of nitrogens with zero attached hydrogens (tertiary/aromatic N) is 2. The van der Waals surface area contributed by atoms with Gasteiger partial charge in [-0.1, -0.05) is 58.0 Å². The van der Waals surface area contributed by atoms with E-state index >= 15 is 0 Å². The maximum absolute atomic E-state index is 12.8. The van der Waals surface area contributed by atoms with Gasteiger partial charge in [0.25, 0.3) is 5.91 Å². The van der Waals surface area contributed by atoms with Gasteiger partial charge in [-0.05, 0) is 23.8 Å². The van der Waals surface area contributed by atoms with Crippen molar-refractivity contribution < 1.29 is 4.79 Å². The van der Waals surface area contributed by atoms with Crippen molar-refractivity contribution in [2.45, 2.75) is 11.3 Å². The van der Waals surface area contributed by atoms with Crippen LogP contribution in [0.2, 0.25) is 0 Å². The molecule has 0 unspecified atom stereocenters. The molecule has 0 radical (unpaired) electrons. The van der Waals surface area contributed by atoms with Gasteiger partial charge >= 0.3 is 0 Å². The normalized spacial score (nSPS) is 22.3. The number of anilines is 1. The van der Waals surface area contributed by atoms with Crippen LogP contribution in [0.1, 0.15) is 11.1 Å². The SMILES string of the molecule is CN1C(=O)[C@]2(NN=C(Cc3ccccc3)S2)c2cc(Br)ccc21. The number of halogens is 1. The Kier molecular flexibility index (Phi) is 3.46. The van der Waals surface area contributed by atoms with Crippen LogP contribution in [0.3, 0.4) is 0 Å². The first-order valence-electron chi connectivity index (χ1n) is 7.25. The maximum Gasteiger partial charge on any atom is 0.269 e. The van der Waals surface area contributed by atoms with E-state index in [0.717, 1.165) is 27.2 Å². The molecule has 1 atom stereocenters. The lowest BCUT2D eigenvalue weighted by Gasteiger charge is -2.21. The Morgan fingerprint density at radius 2 is 2.04 bits per heavy atom. The Balaban J connectivity index is 1.67. The van der Waals surface area contributed by atoms with E-state index in [1.165, 1.54) is 17.3 Å². The van der Waals surface area contributed by atoms with Gasteiger partial charge in [-0.2, -0.15) is 5.10 Å². The van der Waals surface area contributed by atoms with Crippen molar-refractivity contribution in [1.82, 2.24) is 5.43 Å². The van der Waals surface area contributed by atoms with Crippen molar-refractivity contribution in [2.75, 3.05) is 11.9 Å². The topological polar surface area (TPSA) is 44.7 Å². The van der Waals surface area contributed by atoms with Crippen molar-refractivity contribution in [2.24, 2.45) is 5.10 Å². The zero-order valence-electron chi connectivity index (χ0n) is 12.4. The monoisotopic (exact) mass is 387 g/mol. The van der Waals surface area contributed by atoms with Crippen molar-refractivity contribution in [1.29, 1.82) is 0 Å². The first-order chi connectivity index (χ1) is 11.1. The van der Waals surface area contributed by atoms with Gasteiger partial charge in [0, 0.05) is 23.5 Å². The fourth-order valence-electron chi connectivity index (χ4n) is 2.96. The number of rotatable bonds is 2. The second kappa shape index (κ2) is 5.39. The molecule has 0 bridgehead atoms. The average molecular weight is 388 g/mol. The van der Waals surface area contributed by atoms with E-state index in [4.69, 9.17) is 0 Å². The van der Waals surface area contributed by atoms with Crippen LogP contribution in [0.5, 0.6) is 0 Å². The van der Waals surface area contributed by atoms with Crippen LogP contribution in [0.25, 0.3) is 0 Å². The van der Waals surface area contributed by atoms with E-state index in [1.807, 2.05) is 36.4 Å². The van der Waals surface area contributed by atoms with Crippen LogP contribution < -0.4 is 10.3 Å². The zero-order valence-corrected chi connectivity index (χ0v) is 14.8. The summed E-state index contributed by atoms with van der Waals surface area (Å²) >= 11 is 5.01. The first kappa shape index (κ1) is 14.8. The van der Waals surface area contributed by atoms with Crippen molar-refractivity contribution >= 4 is 44.3 Å². The van der Waals surface area contributed by atoms with Gasteiger partial charge in [-0.3, -0.25) is 10.2 Å². The molecule has 0 saturated carbocycles. The molecule has 2 aliphatic rings. The number of carbonyl (C=O) groups is 1. The largest absolute Gasteiger partial charge is 0.312 e. The van der Waals surface area contributed by atoms with E-state index in [1.54, 1.807) is 11.9 Å². The van der Waals surface area contributed by atoms with Crippen LogP contribution in [0.4, 0.5) is 5.69 Å². The van der Waals surface area contributed by atoms with Crippen LogP contribution in [0.15, 0.2) is 58.1 Å². The predicted molar refractivity (Wildman–Crippen MR) is 97.5 cm³/mol. The smallest absolute Gasteiger partial charge is 0.269 e. The van der Waals surface area contributed by atoms with Crippen molar-refractivity contribution in [3.63, 3.8) is 0 Å². The Hall–Kier alpha value is -1.79. The fraction of sp³-hybridized carbons (Fsp3) is 0.176. The van der Waals surface area contributed by atoms with Gasteiger partial charge in [0.2, 0.25) is 4.87 Å². The van der Waals surface area contributed by atoms with Gasteiger partial charge in [-0.15, -0.1) is 0 Å². The quantitative estimate of drug-likeness (QED) is 0.857. The van der Waals surface area contributed by atoms with Crippen LogP contribution >= 0.6 is 27.7 Å². The predicted octanol–water partition coefficient (Wildman–Crippen LogP) is 3.47. The minimum Gasteiger partial charge on any atom is -0.312 e. The molecule has 2 heterocycles. The summed E-state index contributed by atoms with van der Waals surface area (Å²) in [6.07, 6.45) is 0.723. The van der Waals surface area contributed by atoms with Crippen LogP contribution in [-0.2, 0) is 16.1 Å². The molecule has 2 aromatic carbocycles. The molecule has 0 aromatic heterocycles. The lowest BCUT2D eigenvalue weighted by atomic mass is 10.1. The summed E-state index contributed by atoms with van der Waals surface area (Å²) < 4.78 is 0.956. The Labute approximate surface area is 147 Å². The Morgan fingerprint density at radius 1 is 1.26 bits per heavy atom. The molecule has 23 heavy (non-hydrogen) atoms. The van der Waals surface area contributed by atoms with E-state index < -0.39 is 4.87 Å². The molecule has 116 valence electrons. The highest BCUT2D eigenvalue weighted by Gasteiger charge is 2.54. The molecule has 0 fully saturated rings. The molecule has 6 heteroatoms. The standard InChI is InChI=1S/C17H14BrN3OS/c1-21-14-8-7-12(18)10-13(14)17(16(21)22)20-19-15(23-17)9-11-5-3-2-4-6-11/h2-8,10,20H,9H2,1H3/t17-/m0/s1. The Bertz CT molecular complexity index is 824. The number of carbonyl (C=O) groups excluding carboxylic acids is 1. The molecule has 0 aliphatic carbocycles. The molecule has 1 amide bonds. The summed E-state index contributed by atoms with van der Waals surface area (Å²) in [6, 6.07) is 16.1. The third kappa shape index (κ3) is 2.28. The van der Waals surface area contributed by atoms with Gasteiger partial charge < -0.3 is 4.90 Å². The molecule has 4 nitrogen and oxygen atoms in total. The lowest BCUT2D eigenvalue weighted by molar-refractivity contribution is -0.120. The highest BCUT2D eigenvalue weighted by molar-refractivity contribution is 9.10. The van der Waals surface area contributed by atoms with E-state index in [0.29, 0.717) is 0 Å². The third-order valence-electron chi connectivity index (χ3n) is 4.11. The summed E-state index contributed by atoms with van der Waals surface area (Å²) in [6.45, 7) is 0. The first-order valence-corrected chi connectivity index (χ1v) is 8.86. The summed E-state index contributed by atoms with van der Waals surface area (Å²) in [5.41, 5.74) is 6.17. The number of hydrazone groups is 1. The minimum absolute atomic E-state index is 0.0161. The van der Waals surface area contributed by atoms with Crippen LogP contribution in [0, 0.1) is 0 Å². The minimum atomic E-state index is -0.835. The maximum atomic E-state index is 12.8. The molecular weight excluding hydrogens is 374 g/mol. The lowest BCUT2D eigenvalue weighted by Crippen LogP contribution is -2.43. The van der Waals surface area contributed by atoms with E-state index in [-0.39, 0.29) is 5.91 Å². The molecule has 4 rings (SSSR count). The number of benzene rings is 2. The molecule has 2 aromatic rings. The summed E-state index contributed by atoms with van der Waals surface area (Å²) in [5.74, 6) is 0.0161. The third-order valence-corrected chi connectivity index (χ3v) is 5.87. The molecule has 0 saturated heterocycles. The van der Waals surface area contributed by atoms with Crippen LogP contribution in [-0.4, -0.2) is 18.0 Å². The van der Waals surface area contributed by atoms with Crippen molar-refractivity contribution in [3.05, 3.63) is 64.1 Å². The highest BCUT2D eigenvalue weighted by atomic mass is 79.9. The van der Waals surface area contributed by atoms with E-state index in [2.05, 4.69) is 38.6 Å². The second-order valence-corrected chi connectivity index (χ2v) is 7.79. The fourth-order valence-corrected chi connectivity index (χ4v) is 4.59. The second-order valence-electron chi connectivity index (χ2n) is 5.59. The van der Waals surface area contributed by atoms with Gasteiger partial charge in [0.1, 0.15) is 5.04 Å². The Morgan fingerprint density at radius 3 is 2.83 bits per heavy atom. The number of thioether (sulfide) groups is 1. The highest BCUT2D eigenvalue weighted by Crippen LogP contribution is 2.50. The van der Waals surface area contributed by atoms with E-state index in [9.17, 15) is 4.79 Å². The van der Waals surface area contributed by atoms with Gasteiger partial charge in [0.15, 0.2) is 0 Å². The number of nitrogens with one attached hydrogen (secondary N) is 1. The summed E-state index contributed by atoms with van der Waals surface area (Å²) in [5, 5.41) is 5.37. The number of hydrogen-bond acceptors (Lipinski definition) is 4. The van der Waals surface area contributed by atoms with Gasteiger partial charge in [0.05, 0.1) is 5.69 Å².